The number of rotatable bonds is 5. The van der Waals surface area contributed by atoms with Crippen molar-refractivity contribution in [1.29, 1.82) is 0 Å². The van der Waals surface area contributed by atoms with Gasteiger partial charge in [-0.15, -0.1) is 0 Å². The highest BCUT2D eigenvalue weighted by atomic mass is 31.2. The van der Waals surface area contributed by atoms with Gasteiger partial charge in [0.2, 0.25) is 0 Å². The molecule has 2 aromatic carbocycles. The second-order valence-corrected chi connectivity index (χ2v) is 8.75. The van der Waals surface area contributed by atoms with Gasteiger partial charge in [-0.2, -0.15) is 0 Å². The fourth-order valence-corrected chi connectivity index (χ4v) is 5.23. The minimum absolute atomic E-state index is 0.394. The van der Waals surface area contributed by atoms with Crippen LogP contribution in [0, 0.1) is 0 Å². The molecule has 120 valence electrons. The smallest absolute Gasteiger partial charge is 0.168 e. The SMILES string of the molecule is CCn1c(C(O)P(=O)(CC)c2ccccc2)nc2ccccc21. The van der Waals surface area contributed by atoms with Crippen LogP contribution in [0.25, 0.3) is 11.0 Å². The fourth-order valence-electron chi connectivity index (χ4n) is 2.99. The van der Waals surface area contributed by atoms with Gasteiger partial charge >= 0.3 is 0 Å². The third-order valence-electron chi connectivity index (χ3n) is 4.29. The van der Waals surface area contributed by atoms with Crippen molar-refractivity contribution in [2.75, 3.05) is 6.16 Å². The number of hydrogen-bond donors (Lipinski definition) is 1. The van der Waals surface area contributed by atoms with Crippen LogP contribution in [0.2, 0.25) is 0 Å². The highest BCUT2D eigenvalue weighted by Crippen LogP contribution is 2.56. The predicted molar refractivity (Wildman–Crippen MR) is 94.6 cm³/mol. The molecule has 1 aromatic heterocycles. The summed E-state index contributed by atoms with van der Waals surface area (Å²) in [4.78, 5) is 4.56. The maximum Gasteiger partial charge on any atom is 0.168 e. The number of aromatic nitrogens is 2. The molecular weight excluding hydrogens is 307 g/mol. The van der Waals surface area contributed by atoms with Gasteiger partial charge in [0.1, 0.15) is 13.0 Å². The Labute approximate surface area is 136 Å². The molecule has 0 radical (unpaired) electrons. The number of benzene rings is 2. The normalized spacial score (nSPS) is 15.4. The Morgan fingerprint density at radius 2 is 1.74 bits per heavy atom. The number of nitrogens with zero attached hydrogens (tertiary/aromatic N) is 2. The van der Waals surface area contributed by atoms with Crippen molar-refractivity contribution in [2.24, 2.45) is 0 Å². The lowest BCUT2D eigenvalue weighted by atomic mass is 10.3. The average molecular weight is 328 g/mol. The molecule has 3 aromatic rings. The molecule has 0 spiro atoms. The van der Waals surface area contributed by atoms with E-state index in [2.05, 4.69) is 4.98 Å². The van der Waals surface area contributed by atoms with E-state index in [1.165, 1.54) is 0 Å². The standard InChI is InChI=1S/C18H21N2O2P/c1-3-20-16-13-9-8-12-15(16)19-17(20)18(21)23(22,4-2)14-10-6-5-7-11-14/h5-13,18,21H,3-4H2,1-2H3. The van der Waals surface area contributed by atoms with Crippen LogP contribution in [0.4, 0.5) is 0 Å². The summed E-state index contributed by atoms with van der Waals surface area (Å²) >= 11 is 0. The van der Waals surface area contributed by atoms with E-state index < -0.39 is 13.0 Å². The van der Waals surface area contributed by atoms with Gasteiger partial charge in [0, 0.05) is 18.0 Å². The molecule has 3 rings (SSSR count). The second-order valence-electron chi connectivity index (χ2n) is 5.52. The van der Waals surface area contributed by atoms with Crippen LogP contribution < -0.4 is 5.30 Å². The lowest BCUT2D eigenvalue weighted by Crippen LogP contribution is -2.17. The molecule has 0 saturated carbocycles. The first-order valence-electron chi connectivity index (χ1n) is 7.89. The molecule has 4 nitrogen and oxygen atoms in total. The van der Waals surface area contributed by atoms with Gasteiger partial charge in [-0.25, -0.2) is 4.98 Å². The first kappa shape index (κ1) is 16.0. The number of aryl methyl sites for hydroxylation is 1. The number of fused-ring (bicyclic) bond motifs is 1. The van der Waals surface area contributed by atoms with E-state index >= 15 is 0 Å². The Balaban J connectivity index is 2.15. The molecule has 2 atom stereocenters. The van der Waals surface area contributed by atoms with Crippen molar-refractivity contribution in [1.82, 2.24) is 9.55 Å². The predicted octanol–water partition coefficient (Wildman–Crippen LogP) is 3.76. The summed E-state index contributed by atoms with van der Waals surface area (Å²) in [6, 6.07) is 17.0. The average Bonchev–Trinajstić information content (AvgIpc) is 2.99. The number of aliphatic hydroxyl groups excluding tert-OH is 1. The van der Waals surface area contributed by atoms with E-state index in [1.807, 2.05) is 73.0 Å². The Morgan fingerprint density at radius 3 is 2.39 bits per heavy atom. The molecule has 0 saturated heterocycles. The lowest BCUT2D eigenvalue weighted by Gasteiger charge is -2.23. The van der Waals surface area contributed by atoms with Gasteiger partial charge in [-0.3, -0.25) is 0 Å². The Morgan fingerprint density at radius 1 is 1.09 bits per heavy atom. The molecule has 0 bridgehead atoms. The van der Waals surface area contributed by atoms with Gasteiger partial charge < -0.3 is 14.2 Å². The van der Waals surface area contributed by atoms with Crippen molar-refractivity contribution < 1.29 is 9.67 Å². The van der Waals surface area contributed by atoms with E-state index in [-0.39, 0.29) is 0 Å². The van der Waals surface area contributed by atoms with Gasteiger partial charge in [-0.1, -0.05) is 49.4 Å². The highest BCUT2D eigenvalue weighted by Gasteiger charge is 2.36. The van der Waals surface area contributed by atoms with E-state index in [1.54, 1.807) is 0 Å². The van der Waals surface area contributed by atoms with Crippen molar-refractivity contribution in [3.8, 4) is 0 Å². The van der Waals surface area contributed by atoms with Crippen molar-refractivity contribution in [3.05, 3.63) is 60.4 Å². The first-order chi connectivity index (χ1) is 11.1. The first-order valence-corrected chi connectivity index (χ1v) is 9.85. The van der Waals surface area contributed by atoms with E-state index in [9.17, 15) is 9.67 Å². The van der Waals surface area contributed by atoms with Gasteiger partial charge in [0.15, 0.2) is 5.85 Å². The third-order valence-corrected chi connectivity index (χ3v) is 7.42. The van der Waals surface area contributed by atoms with E-state index in [0.717, 1.165) is 11.0 Å². The highest BCUT2D eigenvalue weighted by molar-refractivity contribution is 7.71. The summed E-state index contributed by atoms with van der Waals surface area (Å²) in [5.74, 6) is -0.606. The minimum Gasteiger partial charge on any atom is -0.377 e. The summed E-state index contributed by atoms with van der Waals surface area (Å²) in [6.45, 7) is 4.53. The molecular formula is C18H21N2O2P. The maximum atomic E-state index is 13.5. The largest absolute Gasteiger partial charge is 0.377 e. The van der Waals surface area contributed by atoms with Gasteiger partial charge in [0.25, 0.3) is 0 Å². The van der Waals surface area contributed by atoms with E-state index in [4.69, 9.17) is 0 Å². The van der Waals surface area contributed by atoms with E-state index in [0.29, 0.717) is 23.8 Å². The molecule has 0 amide bonds. The minimum atomic E-state index is -2.99. The molecule has 1 heterocycles. The Hall–Kier alpha value is -1.90. The van der Waals surface area contributed by atoms with Gasteiger partial charge in [0.05, 0.1) is 11.0 Å². The Kier molecular flexibility index (Phi) is 4.38. The zero-order chi connectivity index (χ0) is 16.4. The fraction of sp³-hybridized carbons (Fsp3) is 0.278. The molecule has 0 aliphatic heterocycles. The van der Waals surface area contributed by atoms with Crippen LogP contribution in [-0.4, -0.2) is 20.8 Å². The quantitative estimate of drug-likeness (QED) is 0.726. The van der Waals surface area contributed by atoms with Crippen LogP contribution in [0.3, 0.4) is 0 Å². The van der Waals surface area contributed by atoms with Crippen molar-refractivity contribution in [3.63, 3.8) is 0 Å². The number of para-hydroxylation sites is 2. The molecule has 0 aliphatic rings. The number of aliphatic hydroxyl groups is 1. The number of hydrogen-bond acceptors (Lipinski definition) is 3. The van der Waals surface area contributed by atoms with Crippen molar-refractivity contribution >= 4 is 23.5 Å². The van der Waals surface area contributed by atoms with Crippen LogP contribution in [0.1, 0.15) is 25.5 Å². The van der Waals surface area contributed by atoms with Crippen LogP contribution in [-0.2, 0) is 11.1 Å². The zero-order valence-electron chi connectivity index (χ0n) is 13.4. The third kappa shape index (κ3) is 2.62. The summed E-state index contributed by atoms with van der Waals surface area (Å²) in [5.41, 5.74) is 1.78. The Bertz CT molecular complexity index is 858. The number of imidazole rings is 1. The zero-order valence-corrected chi connectivity index (χ0v) is 14.3. The molecule has 2 unspecified atom stereocenters. The van der Waals surface area contributed by atoms with Crippen LogP contribution in [0.5, 0.6) is 0 Å². The van der Waals surface area contributed by atoms with Crippen molar-refractivity contribution in [2.45, 2.75) is 26.2 Å². The van der Waals surface area contributed by atoms with Gasteiger partial charge in [-0.05, 0) is 19.1 Å². The topological polar surface area (TPSA) is 55.1 Å². The molecule has 23 heavy (non-hydrogen) atoms. The maximum absolute atomic E-state index is 13.5. The molecule has 1 N–H and O–H groups in total. The summed E-state index contributed by atoms with van der Waals surface area (Å²) in [6.07, 6.45) is 0.394. The van der Waals surface area contributed by atoms with Crippen LogP contribution in [0.15, 0.2) is 54.6 Å². The monoisotopic (exact) mass is 328 g/mol. The second kappa shape index (κ2) is 6.31. The lowest BCUT2D eigenvalue weighted by molar-refractivity contribution is 0.240. The summed E-state index contributed by atoms with van der Waals surface area (Å²) in [7, 11) is -2.99. The molecule has 0 aliphatic carbocycles. The summed E-state index contributed by atoms with van der Waals surface area (Å²) < 4.78 is 15.5. The molecule has 0 fully saturated rings. The summed E-state index contributed by atoms with van der Waals surface area (Å²) in [5, 5.41) is 11.7. The molecule has 5 heteroatoms. The van der Waals surface area contributed by atoms with Crippen LogP contribution >= 0.6 is 7.14 Å².